The van der Waals surface area contributed by atoms with E-state index in [0.29, 0.717) is 0 Å². The normalized spacial score (nSPS) is 43.3. The minimum atomic E-state index is -1.93. The van der Waals surface area contributed by atoms with Gasteiger partial charge in [0, 0.05) is 0 Å². The molecule has 1 fully saturated rings. The molecular weight excluding hydrogens is 168 g/mol. The van der Waals surface area contributed by atoms with Crippen LogP contribution in [0.4, 0.5) is 0 Å². The number of aliphatic hydroxyl groups excluding tert-OH is 4. The minimum absolute atomic E-state index is 1.28. The lowest BCUT2D eigenvalue weighted by atomic mass is 9.87. The van der Waals surface area contributed by atoms with Gasteiger partial charge in [0.1, 0.15) is 24.4 Å². The molecule has 12 heavy (non-hydrogen) atoms. The Balaban J connectivity index is 2.91. The topological polar surface area (TPSA) is 115 Å². The van der Waals surface area contributed by atoms with Crippen molar-refractivity contribution in [3.63, 3.8) is 0 Å². The zero-order valence-corrected chi connectivity index (χ0v) is 5.91. The first kappa shape index (κ1) is 9.27. The Morgan fingerprint density at radius 3 is 1.25 bits per heavy atom. The zero-order valence-electron chi connectivity index (χ0n) is 5.91. The van der Waals surface area contributed by atoms with Crippen LogP contribution < -0.4 is 0 Å². The molecule has 0 amide bonds. The minimum Gasteiger partial charge on any atom is -0.387 e. The lowest BCUT2D eigenvalue weighted by Gasteiger charge is -2.29. The lowest BCUT2D eigenvalue weighted by molar-refractivity contribution is -0.172. The van der Waals surface area contributed by atoms with Gasteiger partial charge in [0.25, 0.3) is 0 Å². The smallest absolute Gasteiger partial charge is 0.232 e. The molecule has 1 aliphatic rings. The highest BCUT2D eigenvalue weighted by Gasteiger charge is 2.47. The number of ketones is 2. The van der Waals surface area contributed by atoms with E-state index in [1.807, 2.05) is 0 Å². The maximum absolute atomic E-state index is 10.7. The summed E-state index contributed by atoms with van der Waals surface area (Å²) in [6.07, 6.45) is -7.47. The average molecular weight is 176 g/mol. The largest absolute Gasteiger partial charge is 0.387 e. The molecule has 0 aromatic rings. The van der Waals surface area contributed by atoms with Crippen LogP contribution in [0.15, 0.2) is 0 Å². The molecule has 0 aromatic carbocycles. The zero-order chi connectivity index (χ0) is 9.46. The average Bonchev–Trinajstić information content (AvgIpc) is 2.08. The predicted molar refractivity (Wildman–Crippen MR) is 34.0 cm³/mol. The van der Waals surface area contributed by atoms with Crippen molar-refractivity contribution in [3.05, 3.63) is 0 Å². The van der Waals surface area contributed by atoms with E-state index in [1.165, 1.54) is 0 Å². The summed E-state index contributed by atoms with van der Waals surface area (Å²) in [7, 11) is 0. The molecule has 1 rings (SSSR count). The van der Waals surface area contributed by atoms with Gasteiger partial charge in [0.15, 0.2) is 0 Å². The lowest BCUT2D eigenvalue weighted by Crippen LogP contribution is -2.59. The Morgan fingerprint density at radius 1 is 0.750 bits per heavy atom. The summed E-state index contributed by atoms with van der Waals surface area (Å²) in [5.74, 6) is -2.55. The van der Waals surface area contributed by atoms with E-state index in [1.54, 1.807) is 0 Å². The number of carbonyl (C=O) groups excluding carboxylic acids is 2. The van der Waals surface area contributed by atoms with Gasteiger partial charge in [0.2, 0.25) is 11.6 Å². The molecule has 6 nitrogen and oxygen atoms in total. The van der Waals surface area contributed by atoms with Crippen molar-refractivity contribution < 1.29 is 30.0 Å². The molecule has 1 aliphatic carbocycles. The Kier molecular flexibility index (Phi) is 2.25. The van der Waals surface area contributed by atoms with Gasteiger partial charge < -0.3 is 20.4 Å². The van der Waals surface area contributed by atoms with Crippen molar-refractivity contribution in [2.24, 2.45) is 0 Å². The highest BCUT2D eigenvalue weighted by Crippen LogP contribution is 2.14. The number of hydrogen-bond acceptors (Lipinski definition) is 6. The summed E-state index contributed by atoms with van der Waals surface area (Å²) < 4.78 is 0. The molecule has 4 N–H and O–H groups in total. The number of carbonyl (C=O) groups is 2. The fourth-order valence-corrected chi connectivity index (χ4v) is 0.975. The standard InChI is InChI=1S/C6H8O6/c7-1-2(8)4(10)6(12)5(11)3(1)9/h1-4,7-10H. The molecule has 0 aromatic heterocycles. The molecule has 0 radical (unpaired) electrons. The van der Waals surface area contributed by atoms with Gasteiger partial charge in [-0.15, -0.1) is 0 Å². The van der Waals surface area contributed by atoms with Gasteiger partial charge in [-0.05, 0) is 0 Å². The molecule has 6 heteroatoms. The second kappa shape index (κ2) is 2.91. The van der Waals surface area contributed by atoms with Crippen molar-refractivity contribution in [1.29, 1.82) is 0 Å². The van der Waals surface area contributed by atoms with Crippen molar-refractivity contribution >= 4 is 11.6 Å². The quantitative estimate of drug-likeness (QED) is 0.286. The fraction of sp³-hybridized carbons (Fsp3) is 0.667. The van der Waals surface area contributed by atoms with E-state index in [2.05, 4.69) is 0 Å². The molecule has 4 atom stereocenters. The summed E-state index contributed by atoms with van der Waals surface area (Å²) >= 11 is 0. The Labute approximate surface area is 67.1 Å². The summed E-state index contributed by atoms with van der Waals surface area (Å²) in [4.78, 5) is 21.3. The van der Waals surface area contributed by atoms with E-state index in [9.17, 15) is 9.59 Å². The second-order valence-corrected chi connectivity index (χ2v) is 2.60. The Bertz CT molecular complexity index is 200. The summed E-state index contributed by atoms with van der Waals surface area (Å²) in [6.45, 7) is 0. The van der Waals surface area contributed by atoms with E-state index < -0.39 is 36.0 Å². The monoisotopic (exact) mass is 176 g/mol. The first-order valence-corrected chi connectivity index (χ1v) is 3.27. The highest BCUT2D eigenvalue weighted by atomic mass is 16.4. The van der Waals surface area contributed by atoms with Crippen LogP contribution in [0.3, 0.4) is 0 Å². The molecule has 4 unspecified atom stereocenters. The van der Waals surface area contributed by atoms with Gasteiger partial charge in [-0.2, -0.15) is 0 Å². The van der Waals surface area contributed by atoms with Gasteiger partial charge >= 0.3 is 0 Å². The van der Waals surface area contributed by atoms with Crippen molar-refractivity contribution in [2.45, 2.75) is 24.4 Å². The van der Waals surface area contributed by atoms with Crippen molar-refractivity contribution in [3.8, 4) is 0 Å². The third-order valence-electron chi connectivity index (χ3n) is 1.78. The van der Waals surface area contributed by atoms with Gasteiger partial charge in [-0.1, -0.05) is 0 Å². The highest BCUT2D eigenvalue weighted by molar-refractivity contribution is 6.41. The van der Waals surface area contributed by atoms with Crippen LogP contribution in [0, 0.1) is 0 Å². The first-order valence-electron chi connectivity index (χ1n) is 3.27. The third-order valence-corrected chi connectivity index (χ3v) is 1.78. The van der Waals surface area contributed by atoms with Crippen LogP contribution in [0.1, 0.15) is 0 Å². The van der Waals surface area contributed by atoms with Gasteiger partial charge in [0.05, 0.1) is 0 Å². The van der Waals surface area contributed by atoms with Crippen LogP contribution in [-0.2, 0) is 9.59 Å². The maximum atomic E-state index is 10.7. The third kappa shape index (κ3) is 1.14. The molecule has 68 valence electrons. The second-order valence-electron chi connectivity index (χ2n) is 2.60. The summed E-state index contributed by atoms with van der Waals surface area (Å²) in [5, 5.41) is 35.4. The number of hydrogen-bond donors (Lipinski definition) is 4. The van der Waals surface area contributed by atoms with Gasteiger partial charge in [-0.25, -0.2) is 0 Å². The maximum Gasteiger partial charge on any atom is 0.232 e. The Morgan fingerprint density at radius 2 is 1.00 bits per heavy atom. The molecular formula is C6H8O6. The number of aliphatic hydroxyl groups is 4. The van der Waals surface area contributed by atoms with E-state index >= 15 is 0 Å². The van der Waals surface area contributed by atoms with Crippen molar-refractivity contribution in [1.82, 2.24) is 0 Å². The van der Waals surface area contributed by atoms with Crippen LogP contribution in [0.25, 0.3) is 0 Å². The molecule has 1 saturated carbocycles. The predicted octanol–water partition coefficient (Wildman–Crippen LogP) is -3.42. The van der Waals surface area contributed by atoms with E-state index in [-0.39, 0.29) is 0 Å². The van der Waals surface area contributed by atoms with Gasteiger partial charge in [-0.3, -0.25) is 9.59 Å². The van der Waals surface area contributed by atoms with Crippen LogP contribution in [0.2, 0.25) is 0 Å². The molecule has 0 heterocycles. The first-order chi connectivity index (χ1) is 5.46. The summed E-state index contributed by atoms with van der Waals surface area (Å²) in [5.41, 5.74) is 0. The Hall–Kier alpha value is -0.820. The molecule has 0 spiro atoms. The van der Waals surface area contributed by atoms with Crippen LogP contribution in [0.5, 0.6) is 0 Å². The molecule has 0 bridgehead atoms. The summed E-state index contributed by atoms with van der Waals surface area (Å²) in [6, 6.07) is 0. The molecule has 0 aliphatic heterocycles. The van der Waals surface area contributed by atoms with Crippen LogP contribution >= 0.6 is 0 Å². The fourth-order valence-electron chi connectivity index (χ4n) is 0.975. The van der Waals surface area contributed by atoms with E-state index in [0.717, 1.165) is 0 Å². The van der Waals surface area contributed by atoms with E-state index in [4.69, 9.17) is 20.4 Å². The van der Waals surface area contributed by atoms with Crippen molar-refractivity contribution in [2.75, 3.05) is 0 Å². The number of rotatable bonds is 0. The number of Topliss-reactive ketones (excluding diaryl/α,β-unsaturated/α-hetero) is 2. The van der Waals surface area contributed by atoms with Crippen LogP contribution in [-0.4, -0.2) is 56.4 Å². The molecule has 0 saturated heterocycles. The SMILES string of the molecule is O=C1C(=O)C(O)C(O)C(O)C1O.